The highest BCUT2D eigenvalue weighted by Crippen LogP contribution is 2.46. The van der Waals surface area contributed by atoms with E-state index in [-0.39, 0.29) is 22.3 Å². The van der Waals surface area contributed by atoms with Gasteiger partial charge in [-0.2, -0.15) is 0 Å². The highest BCUT2D eigenvalue weighted by atomic mass is 79.9. The second-order valence-corrected chi connectivity index (χ2v) is 6.39. The Bertz CT molecular complexity index is 318. The number of carbonyl (C=O) groups is 2. The van der Waals surface area contributed by atoms with Crippen molar-refractivity contribution in [1.29, 1.82) is 0 Å². The van der Waals surface area contributed by atoms with Crippen LogP contribution in [0.15, 0.2) is 0 Å². The minimum atomic E-state index is -0.146. The number of urea groups is 1. The van der Waals surface area contributed by atoms with Crippen LogP contribution >= 0.6 is 15.9 Å². The van der Waals surface area contributed by atoms with Crippen LogP contribution in [0.3, 0.4) is 0 Å². The van der Waals surface area contributed by atoms with E-state index in [1.54, 1.807) is 4.90 Å². The summed E-state index contributed by atoms with van der Waals surface area (Å²) in [4.78, 5) is 27.0. The van der Waals surface area contributed by atoms with Crippen molar-refractivity contribution in [2.45, 2.75) is 36.0 Å². The molecule has 2 heterocycles. The first kappa shape index (κ1) is 9.63. The molecule has 1 unspecified atom stereocenters. The summed E-state index contributed by atoms with van der Waals surface area (Å²) in [7, 11) is 0. The van der Waals surface area contributed by atoms with Crippen molar-refractivity contribution in [2.75, 3.05) is 13.1 Å². The van der Waals surface area contributed by atoms with Crippen molar-refractivity contribution >= 4 is 27.9 Å². The molecular formula is C10H13BrN2O2. The van der Waals surface area contributed by atoms with E-state index < -0.39 is 0 Å². The Morgan fingerprint density at radius 2 is 2.13 bits per heavy atom. The maximum atomic E-state index is 11.9. The number of halogens is 1. The van der Waals surface area contributed by atoms with Gasteiger partial charge in [-0.3, -0.25) is 9.69 Å². The van der Waals surface area contributed by atoms with Crippen LogP contribution in [0.25, 0.3) is 0 Å². The average molecular weight is 273 g/mol. The van der Waals surface area contributed by atoms with Crippen LogP contribution in [-0.4, -0.2) is 45.2 Å². The lowest BCUT2D eigenvalue weighted by atomic mass is 10.2. The number of amides is 3. The van der Waals surface area contributed by atoms with E-state index in [1.165, 1.54) is 4.90 Å². The van der Waals surface area contributed by atoms with E-state index in [1.807, 2.05) is 0 Å². The molecule has 0 spiro atoms. The first-order valence-electron chi connectivity index (χ1n) is 5.42. The third-order valence-electron chi connectivity index (χ3n) is 3.51. The van der Waals surface area contributed by atoms with Crippen molar-refractivity contribution in [3.8, 4) is 0 Å². The Hall–Kier alpha value is -0.580. The van der Waals surface area contributed by atoms with Crippen molar-refractivity contribution in [3.05, 3.63) is 0 Å². The topological polar surface area (TPSA) is 40.6 Å². The summed E-state index contributed by atoms with van der Waals surface area (Å²) in [5.74, 6) is 0.0169. The highest BCUT2D eigenvalue weighted by molar-refractivity contribution is 9.10. The van der Waals surface area contributed by atoms with Crippen LogP contribution in [-0.2, 0) is 4.79 Å². The number of nitrogens with zero attached hydrogens (tertiary/aromatic N) is 2. The van der Waals surface area contributed by atoms with Gasteiger partial charge in [0, 0.05) is 17.4 Å². The minimum Gasteiger partial charge on any atom is -0.312 e. The Morgan fingerprint density at radius 3 is 2.73 bits per heavy atom. The monoisotopic (exact) mass is 272 g/mol. The van der Waals surface area contributed by atoms with Gasteiger partial charge in [0.1, 0.15) is 6.04 Å². The van der Waals surface area contributed by atoms with Gasteiger partial charge in [0.05, 0.1) is 0 Å². The molecule has 15 heavy (non-hydrogen) atoms. The lowest BCUT2D eigenvalue weighted by molar-refractivity contribution is -0.128. The van der Waals surface area contributed by atoms with Crippen LogP contribution < -0.4 is 0 Å². The standard InChI is InChI=1S/C10H13BrN2O2/c11-10(3-4-10)6-13-8(14)7-2-1-5-12(7)9(13)15/h7H,1-6H2. The van der Waals surface area contributed by atoms with Gasteiger partial charge in [-0.15, -0.1) is 0 Å². The molecule has 0 bridgehead atoms. The normalized spacial score (nSPS) is 32.5. The second-order valence-electron chi connectivity index (χ2n) is 4.71. The summed E-state index contributed by atoms with van der Waals surface area (Å²) in [6.07, 6.45) is 3.94. The summed E-state index contributed by atoms with van der Waals surface area (Å²) >= 11 is 3.57. The Labute approximate surface area is 96.7 Å². The predicted octanol–water partition coefficient (Wildman–Crippen LogP) is 1.34. The predicted molar refractivity (Wildman–Crippen MR) is 57.7 cm³/mol. The van der Waals surface area contributed by atoms with Crippen LogP contribution in [0, 0.1) is 0 Å². The summed E-state index contributed by atoms with van der Waals surface area (Å²) in [5, 5.41) is 0. The Balaban J connectivity index is 1.79. The Morgan fingerprint density at radius 1 is 1.40 bits per heavy atom. The quantitative estimate of drug-likeness (QED) is 0.562. The first-order chi connectivity index (χ1) is 7.11. The fourth-order valence-corrected chi connectivity index (χ4v) is 2.85. The van der Waals surface area contributed by atoms with Crippen molar-refractivity contribution < 1.29 is 9.59 Å². The number of alkyl halides is 1. The molecule has 0 aromatic carbocycles. The number of imide groups is 1. The van der Waals surface area contributed by atoms with E-state index in [0.717, 1.165) is 32.2 Å². The van der Waals surface area contributed by atoms with Gasteiger partial charge in [-0.05, 0) is 25.7 Å². The smallest absolute Gasteiger partial charge is 0.312 e. The molecular weight excluding hydrogens is 260 g/mol. The lowest BCUT2D eigenvalue weighted by Gasteiger charge is -2.18. The zero-order valence-corrected chi connectivity index (χ0v) is 9.99. The molecule has 4 nitrogen and oxygen atoms in total. The van der Waals surface area contributed by atoms with Gasteiger partial charge in [0.25, 0.3) is 5.91 Å². The molecule has 0 aromatic heterocycles. The largest absolute Gasteiger partial charge is 0.327 e. The van der Waals surface area contributed by atoms with Crippen molar-refractivity contribution in [3.63, 3.8) is 0 Å². The van der Waals surface area contributed by atoms with Gasteiger partial charge in [0.2, 0.25) is 0 Å². The van der Waals surface area contributed by atoms with E-state index in [9.17, 15) is 9.59 Å². The fourth-order valence-electron chi connectivity index (χ4n) is 2.40. The van der Waals surface area contributed by atoms with Gasteiger partial charge in [0.15, 0.2) is 0 Å². The van der Waals surface area contributed by atoms with E-state index in [2.05, 4.69) is 15.9 Å². The molecule has 3 amide bonds. The number of hydrogen-bond donors (Lipinski definition) is 0. The van der Waals surface area contributed by atoms with Crippen LogP contribution in [0.4, 0.5) is 4.79 Å². The van der Waals surface area contributed by atoms with Gasteiger partial charge in [-0.1, -0.05) is 15.9 Å². The molecule has 2 aliphatic heterocycles. The molecule has 82 valence electrons. The van der Waals surface area contributed by atoms with Crippen molar-refractivity contribution in [1.82, 2.24) is 9.80 Å². The SMILES string of the molecule is O=C1C2CCCN2C(=O)N1CC1(Br)CC1. The molecule has 0 radical (unpaired) electrons. The molecule has 1 atom stereocenters. The molecule has 3 rings (SSSR count). The number of rotatable bonds is 2. The maximum Gasteiger partial charge on any atom is 0.327 e. The summed E-state index contributed by atoms with van der Waals surface area (Å²) < 4.78 is 0.0398. The number of hydrogen-bond acceptors (Lipinski definition) is 2. The second kappa shape index (κ2) is 2.97. The third-order valence-corrected chi connectivity index (χ3v) is 4.56. The highest BCUT2D eigenvalue weighted by Gasteiger charge is 2.52. The summed E-state index contributed by atoms with van der Waals surface area (Å²) in [6, 6.07) is -0.222. The molecule has 2 saturated heterocycles. The number of fused-ring (bicyclic) bond motifs is 1. The molecule has 1 saturated carbocycles. The van der Waals surface area contributed by atoms with Crippen LogP contribution in [0.2, 0.25) is 0 Å². The number of carbonyl (C=O) groups excluding carboxylic acids is 2. The Kier molecular flexibility index (Phi) is 1.90. The first-order valence-corrected chi connectivity index (χ1v) is 6.21. The molecule has 3 fully saturated rings. The molecule has 1 aliphatic carbocycles. The lowest BCUT2D eigenvalue weighted by Crippen LogP contribution is -2.38. The molecule has 0 N–H and O–H groups in total. The van der Waals surface area contributed by atoms with E-state index in [0.29, 0.717) is 6.54 Å². The van der Waals surface area contributed by atoms with Gasteiger partial charge >= 0.3 is 6.03 Å². The molecule has 0 aromatic rings. The minimum absolute atomic E-state index is 0.0169. The average Bonchev–Trinajstić information content (AvgIpc) is 2.70. The van der Waals surface area contributed by atoms with Gasteiger partial charge < -0.3 is 4.90 Å². The van der Waals surface area contributed by atoms with Crippen LogP contribution in [0.1, 0.15) is 25.7 Å². The van der Waals surface area contributed by atoms with E-state index in [4.69, 9.17) is 0 Å². The van der Waals surface area contributed by atoms with Gasteiger partial charge in [-0.25, -0.2) is 4.79 Å². The molecule has 5 heteroatoms. The van der Waals surface area contributed by atoms with Crippen molar-refractivity contribution in [2.24, 2.45) is 0 Å². The fraction of sp³-hybridized carbons (Fsp3) is 0.800. The zero-order chi connectivity index (χ0) is 10.6. The van der Waals surface area contributed by atoms with E-state index >= 15 is 0 Å². The third kappa shape index (κ3) is 1.40. The summed E-state index contributed by atoms with van der Waals surface area (Å²) in [5.41, 5.74) is 0. The zero-order valence-electron chi connectivity index (χ0n) is 8.41. The van der Waals surface area contributed by atoms with Crippen LogP contribution in [0.5, 0.6) is 0 Å². The summed E-state index contributed by atoms with van der Waals surface area (Å²) in [6.45, 7) is 1.30. The maximum absolute atomic E-state index is 11.9. The molecule has 3 aliphatic rings.